The van der Waals surface area contributed by atoms with Crippen LogP contribution in [-0.4, -0.2) is 35.3 Å². The van der Waals surface area contributed by atoms with Crippen LogP contribution in [0.1, 0.15) is 21.7 Å². The van der Waals surface area contributed by atoms with Gasteiger partial charge in [0.25, 0.3) is 5.91 Å². The fraction of sp³-hybridized carbons (Fsp3) is 0.0952. The molecule has 178 valence electrons. The van der Waals surface area contributed by atoms with E-state index in [1.54, 1.807) is 35.7 Å². The third kappa shape index (κ3) is 4.85. The Balaban J connectivity index is 1.40. The summed E-state index contributed by atoms with van der Waals surface area (Å²) >= 11 is 13.2. The summed E-state index contributed by atoms with van der Waals surface area (Å²) < 4.78 is 43.2. The van der Waals surface area contributed by atoms with Gasteiger partial charge in [0.05, 0.1) is 27.2 Å². The number of halogens is 5. The molecule has 0 radical (unpaired) electrons. The number of carbonyl (C=O) groups is 1. The Bertz CT molecular complexity index is 1550. The first kappa shape index (κ1) is 23.3. The van der Waals surface area contributed by atoms with Crippen LogP contribution < -0.4 is 5.32 Å². The molecule has 0 aliphatic carbocycles. The van der Waals surface area contributed by atoms with Crippen molar-refractivity contribution in [3.05, 3.63) is 81.2 Å². The number of rotatable bonds is 5. The van der Waals surface area contributed by atoms with E-state index in [0.717, 1.165) is 11.6 Å². The first-order valence-electron chi connectivity index (χ1n) is 9.84. The molecular weight excluding hydrogens is 526 g/mol. The number of hydrogen-bond donors (Lipinski definition) is 1. The number of hydrogen-bond acceptors (Lipinski definition) is 6. The van der Waals surface area contributed by atoms with Crippen molar-refractivity contribution >= 4 is 52.0 Å². The molecule has 0 saturated heterocycles. The van der Waals surface area contributed by atoms with Crippen molar-refractivity contribution in [2.75, 3.05) is 5.32 Å². The lowest BCUT2D eigenvalue weighted by Gasteiger charge is -2.10. The average Bonchev–Trinajstić information content (AvgIpc) is 3.55. The van der Waals surface area contributed by atoms with E-state index < -0.39 is 17.8 Å². The minimum absolute atomic E-state index is 0.0459. The molecule has 8 nitrogen and oxygen atoms in total. The molecule has 1 N–H and O–H groups in total. The number of nitrogens with zero attached hydrogens (tertiary/aromatic N) is 6. The molecule has 0 bridgehead atoms. The number of aromatic nitrogens is 6. The summed E-state index contributed by atoms with van der Waals surface area (Å²) in [5, 5.41) is 12.9. The van der Waals surface area contributed by atoms with Gasteiger partial charge in [-0.25, -0.2) is 19.2 Å². The summed E-state index contributed by atoms with van der Waals surface area (Å²) in [6.45, 7) is 0.304. The molecular formula is C21H12Cl2F3N7OS. The molecule has 0 fully saturated rings. The molecule has 1 amide bonds. The van der Waals surface area contributed by atoms with Gasteiger partial charge in [-0.15, -0.1) is 16.4 Å². The Morgan fingerprint density at radius 1 is 1.09 bits per heavy atom. The molecule has 1 aromatic carbocycles. The van der Waals surface area contributed by atoms with E-state index in [4.69, 9.17) is 23.2 Å². The highest BCUT2D eigenvalue weighted by atomic mass is 35.5. The zero-order valence-electron chi connectivity index (χ0n) is 17.3. The maximum absolute atomic E-state index is 13.7. The van der Waals surface area contributed by atoms with Crippen LogP contribution in [0.2, 0.25) is 10.0 Å². The van der Waals surface area contributed by atoms with Crippen molar-refractivity contribution in [1.82, 2.24) is 29.4 Å². The van der Waals surface area contributed by atoms with Gasteiger partial charge in [0, 0.05) is 6.07 Å². The van der Waals surface area contributed by atoms with Crippen LogP contribution in [0, 0.1) is 0 Å². The van der Waals surface area contributed by atoms with Gasteiger partial charge in [-0.05, 0) is 35.2 Å². The van der Waals surface area contributed by atoms with Crippen molar-refractivity contribution < 1.29 is 18.0 Å². The summed E-state index contributed by atoms with van der Waals surface area (Å²) in [7, 11) is 0. The highest BCUT2D eigenvalue weighted by Gasteiger charge is 2.35. The first-order chi connectivity index (χ1) is 16.7. The molecule has 14 heteroatoms. The van der Waals surface area contributed by atoms with Crippen LogP contribution in [0.4, 0.5) is 19.1 Å². The van der Waals surface area contributed by atoms with Crippen LogP contribution >= 0.6 is 34.5 Å². The minimum atomic E-state index is -4.71. The minimum Gasteiger partial charge on any atom is -0.288 e. The average molecular weight is 538 g/mol. The Morgan fingerprint density at radius 2 is 1.91 bits per heavy atom. The second-order valence-corrected chi connectivity index (χ2v) is 9.03. The Kier molecular flexibility index (Phi) is 5.95. The van der Waals surface area contributed by atoms with Crippen LogP contribution in [-0.2, 0) is 12.7 Å². The number of nitrogens with one attached hydrogen (secondary N) is 1. The van der Waals surface area contributed by atoms with E-state index in [1.807, 2.05) is 0 Å². The molecule has 0 spiro atoms. The summed E-state index contributed by atoms with van der Waals surface area (Å²) in [4.78, 5) is 21.5. The monoisotopic (exact) mass is 537 g/mol. The normalized spacial score (nSPS) is 11.8. The van der Waals surface area contributed by atoms with E-state index in [9.17, 15) is 18.0 Å². The van der Waals surface area contributed by atoms with E-state index in [0.29, 0.717) is 26.0 Å². The summed E-state index contributed by atoms with van der Waals surface area (Å²) in [6.07, 6.45) is -3.32. The van der Waals surface area contributed by atoms with Crippen molar-refractivity contribution in [1.29, 1.82) is 0 Å². The number of carbonyl (C=O) groups excluding carboxylic acids is 1. The van der Waals surface area contributed by atoms with Crippen molar-refractivity contribution in [2.45, 2.75) is 12.7 Å². The topological polar surface area (TPSA) is 90.0 Å². The van der Waals surface area contributed by atoms with Gasteiger partial charge in [0.1, 0.15) is 6.33 Å². The molecule has 4 heterocycles. The van der Waals surface area contributed by atoms with Crippen molar-refractivity contribution in [3.8, 4) is 10.6 Å². The van der Waals surface area contributed by atoms with Crippen LogP contribution in [0.25, 0.3) is 16.2 Å². The van der Waals surface area contributed by atoms with Crippen LogP contribution in [0.15, 0.2) is 54.2 Å². The van der Waals surface area contributed by atoms with Gasteiger partial charge in [-0.3, -0.25) is 10.1 Å². The van der Waals surface area contributed by atoms with Gasteiger partial charge in [0.15, 0.2) is 17.0 Å². The third-order valence-electron chi connectivity index (χ3n) is 4.81. The van der Waals surface area contributed by atoms with Gasteiger partial charge in [-0.2, -0.15) is 18.3 Å². The van der Waals surface area contributed by atoms with Gasteiger partial charge in [0.2, 0.25) is 5.95 Å². The highest BCUT2D eigenvalue weighted by molar-refractivity contribution is 7.13. The quantitative estimate of drug-likeness (QED) is 0.311. The number of thiophene rings is 1. The molecule has 0 aliphatic heterocycles. The first-order valence-corrected chi connectivity index (χ1v) is 11.5. The molecule has 0 unspecified atom stereocenters. The maximum Gasteiger partial charge on any atom is 0.433 e. The molecule has 5 aromatic rings. The Labute approximate surface area is 209 Å². The van der Waals surface area contributed by atoms with Crippen molar-refractivity contribution in [3.63, 3.8) is 0 Å². The lowest BCUT2D eigenvalue weighted by Crippen LogP contribution is -2.16. The molecule has 0 saturated carbocycles. The standard InChI is InChI=1S/C21H12Cl2F3N7OS/c22-12-4-3-11(6-13(12)23)9-32-10-27-20(31-32)29-19(34)15-8-18-28-14(16-2-1-5-35-16)7-17(21(24,25)26)33(18)30-15/h1-8,10H,9H2,(H,29,31,34). The smallest absolute Gasteiger partial charge is 0.288 e. The molecule has 0 aliphatic rings. The lowest BCUT2D eigenvalue weighted by molar-refractivity contribution is -0.142. The summed E-state index contributed by atoms with van der Waals surface area (Å²) in [5.74, 6) is -0.830. The van der Waals surface area contributed by atoms with Crippen molar-refractivity contribution in [2.24, 2.45) is 0 Å². The number of amides is 1. The van der Waals surface area contributed by atoms with Gasteiger partial charge in [-0.1, -0.05) is 35.3 Å². The van der Waals surface area contributed by atoms with Gasteiger partial charge >= 0.3 is 6.18 Å². The summed E-state index contributed by atoms with van der Waals surface area (Å²) in [5.41, 5.74) is -0.503. The zero-order chi connectivity index (χ0) is 24.7. The van der Waals surface area contributed by atoms with E-state index in [2.05, 4.69) is 25.5 Å². The van der Waals surface area contributed by atoms with E-state index in [1.165, 1.54) is 28.4 Å². The Morgan fingerprint density at radius 3 is 2.63 bits per heavy atom. The fourth-order valence-corrected chi connectivity index (χ4v) is 4.26. The van der Waals surface area contributed by atoms with E-state index in [-0.39, 0.29) is 23.0 Å². The molecule has 35 heavy (non-hydrogen) atoms. The second-order valence-electron chi connectivity index (χ2n) is 7.27. The number of fused-ring (bicyclic) bond motifs is 1. The number of benzene rings is 1. The lowest BCUT2D eigenvalue weighted by atomic mass is 10.2. The third-order valence-corrected chi connectivity index (χ3v) is 6.45. The van der Waals surface area contributed by atoms with Crippen LogP contribution in [0.3, 0.4) is 0 Å². The SMILES string of the molecule is O=C(Nc1ncn(Cc2ccc(Cl)c(Cl)c2)n1)c1cc2nc(-c3cccs3)cc(C(F)(F)F)n2n1. The predicted octanol–water partition coefficient (Wildman–Crippen LogP) is 5.68. The largest absolute Gasteiger partial charge is 0.433 e. The zero-order valence-corrected chi connectivity index (χ0v) is 19.6. The molecule has 5 rings (SSSR count). The number of alkyl halides is 3. The van der Waals surface area contributed by atoms with Gasteiger partial charge < -0.3 is 0 Å². The van der Waals surface area contributed by atoms with E-state index >= 15 is 0 Å². The fourth-order valence-electron chi connectivity index (χ4n) is 3.26. The Hall–Kier alpha value is -3.48. The highest BCUT2D eigenvalue weighted by Crippen LogP contribution is 2.33. The molecule has 4 aromatic heterocycles. The maximum atomic E-state index is 13.7. The van der Waals surface area contributed by atoms with Crippen LogP contribution in [0.5, 0.6) is 0 Å². The predicted molar refractivity (Wildman–Crippen MR) is 125 cm³/mol. The summed E-state index contributed by atoms with van der Waals surface area (Å²) in [6, 6.07) is 10.5. The number of anilines is 1. The second kappa shape index (κ2) is 8.95. The molecule has 0 atom stereocenters.